The molecule has 33 heavy (non-hydrogen) atoms. The van der Waals surface area contributed by atoms with E-state index in [1.165, 1.54) is 16.7 Å². The molecule has 0 N–H and O–H groups in total. The molecule has 0 saturated carbocycles. The van der Waals surface area contributed by atoms with Gasteiger partial charge in [0.1, 0.15) is 11.5 Å². The Hall–Kier alpha value is -3.87. The van der Waals surface area contributed by atoms with Crippen molar-refractivity contribution < 1.29 is 4.79 Å². The predicted molar refractivity (Wildman–Crippen MR) is 126 cm³/mol. The van der Waals surface area contributed by atoms with Gasteiger partial charge >= 0.3 is 0 Å². The zero-order valence-electron chi connectivity index (χ0n) is 18.9. The van der Waals surface area contributed by atoms with Crippen LogP contribution in [0.4, 0.5) is 0 Å². The molecule has 0 fully saturated rings. The zero-order chi connectivity index (χ0) is 22.8. The average molecular weight is 439 g/mol. The summed E-state index contributed by atoms with van der Waals surface area (Å²) in [6.07, 6.45) is 8.98. The molecule has 4 heterocycles. The van der Waals surface area contributed by atoms with Crippen molar-refractivity contribution in [2.45, 2.75) is 39.8 Å². The summed E-state index contributed by atoms with van der Waals surface area (Å²) in [5.41, 5.74) is 7.38. The fraction of sp³-hybridized carbons (Fsp3) is 0.269. The summed E-state index contributed by atoms with van der Waals surface area (Å²) >= 11 is 0. The molecule has 1 amide bonds. The molecule has 4 aromatic rings. The lowest BCUT2D eigenvalue weighted by Crippen LogP contribution is -2.34. The maximum Gasteiger partial charge on any atom is 0.219 e. The van der Waals surface area contributed by atoms with Crippen LogP contribution in [0.5, 0.6) is 0 Å². The highest BCUT2D eigenvalue weighted by Gasteiger charge is 2.19. The van der Waals surface area contributed by atoms with E-state index in [1.807, 2.05) is 46.4 Å². The SMILES string of the molecule is CCn1cc(-c2ccnc(Cc3ccc4c(c3)CCN(C(C)=O)C4)n2)c(-c2cccnc2)n1. The molecule has 0 unspecified atom stereocenters. The minimum atomic E-state index is 0.131. The van der Waals surface area contributed by atoms with E-state index in [2.05, 4.69) is 35.1 Å². The molecule has 3 aromatic heterocycles. The zero-order valence-corrected chi connectivity index (χ0v) is 18.9. The number of pyridine rings is 1. The van der Waals surface area contributed by atoms with Crippen molar-refractivity contribution >= 4 is 5.91 Å². The molecule has 0 spiro atoms. The van der Waals surface area contributed by atoms with E-state index in [0.29, 0.717) is 13.0 Å². The van der Waals surface area contributed by atoms with Crippen molar-refractivity contribution in [1.82, 2.24) is 29.6 Å². The quantitative estimate of drug-likeness (QED) is 0.472. The number of aryl methyl sites for hydroxylation is 1. The number of hydrogen-bond donors (Lipinski definition) is 0. The highest BCUT2D eigenvalue weighted by molar-refractivity contribution is 5.78. The molecule has 1 aliphatic heterocycles. The first-order valence-corrected chi connectivity index (χ1v) is 11.3. The second-order valence-electron chi connectivity index (χ2n) is 8.32. The maximum atomic E-state index is 11.7. The highest BCUT2D eigenvalue weighted by Crippen LogP contribution is 2.29. The van der Waals surface area contributed by atoms with Gasteiger partial charge in [0.05, 0.1) is 5.69 Å². The molecule has 0 bridgehead atoms. The average Bonchev–Trinajstić information content (AvgIpc) is 3.29. The van der Waals surface area contributed by atoms with E-state index in [0.717, 1.165) is 47.8 Å². The largest absolute Gasteiger partial charge is 0.338 e. The molecule has 166 valence electrons. The first-order chi connectivity index (χ1) is 16.1. The Kier molecular flexibility index (Phi) is 5.69. The standard InChI is InChI=1S/C26H26N6O/c1-3-32-17-23(26(30-32)21-5-4-10-27-15-21)24-8-11-28-25(29-24)14-19-6-7-22-16-31(18(2)33)12-9-20(22)13-19/h4-8,10-11,13,15,17H,3,9,12,14,16H2,1-2H3. The van der Waals surface area contributed by atoms with Crippen molar-refractivity contribution in [2.75, 3.05) is 6.54 Å². The van der Waals surface area contributed by atoms with Gasteiger partial charge < -0.3 is 4.90 Å². The van der Waals surface area contributed by atoms with Crippen molar-refractivity contribution in [3.05, 3.63) is 83.7 Å². The Morgan fingerprint density at radius 2 is 2.03 bits per heavy atom. The number of carbonyl (C=O) groups is 1. The maximum absolute atomic E-state index is 11.7. The summed E-state index contributed by atoms with van der Waals surface area (Å²) in [6, 6.07) is 12.4. The first kappa shape index (κ1) is 21.0. The molecule has 1 aliphatic rings. The van der Waals surface area contributed by atoms with Gasteiger partial charge in [0.2, 0.25) is 5.91 Å². The van der Waals surface area contributed by atoms with Crippen molar-refractivity contribution in [3.8, 4) is 22.5 Å². The molecule has 0 saturated heterocycles. The van der Waals surface area contributed by atoms with Crippen LogP contribution in [0.15, 0.2) is 61.2 Å². The van der Waals surface area contributed by atoms with Gasteiger partial charge in [-0.2, -0.15) is 5.10 Å². The molecule has 7 nitrogen and oxygen atoms in total. The van der Waals surface area contributed by atoms with Gasteiger partial charge in [-0.05, 0) is 48.2 Å². The molecule has 7 heteroatoms. The second-order valence-corrected chi connectivity index (χ2v) is 8.32. The Morgan fingerprint density at radius 3 is 2.82 bits per heavy atom. The number of fused-ring (bicyclic) bond motifs is 1. The number of amides is 1. The van der Waals surface area contributed by atoms with E-state index in [4.69, 9.17) is 10.1 Å². The number of aromatic nitrogens is 5. The van der Waals surface area contributed by atoms with Gasteiger partial charge in [-0.25, -0.2) is 9.97 Å². The topological polar surface area (TPSA) is 76.8 Å². The van der Waals surface area contributed by atoms with Crippen LogP contribution in [0.25, 0.3) is 22.5 Å². The van der Waals surface area contributed by atoms with E-state index in [1.54, 1.807) is 13.1 Å². The Morgan fingerprint density at radius 1 is 1.12 bits per heavy atom. The Bertz CT molecular complexity index is 1300. The second kappa shape index (κ2) is 8.94. The van der Waals surface area contributed by atoms with Crippen LogP contribution in [0.1, 0.15) is 36.4 Å². The molecule has 0 atom stereocenters. The fourth-order valence-corrected chi connectivity index (χ4v) is 4.29. The van der Waals surface area contributed by atoms with Gasteiger partial charge in [0.25, 0.3) is 0 Å². The predicted octanol–water partition coefficient (Wildman–Crippen LogP) is 3.92. The third-order valence-electron chi connectivity index (χ3n) is 6.09. The molecule has 0 radical (unpaired) electrons. The summed E-state index contributed by atoms with van der Waals surface area (Å²) in [5, 5.41) is 4.74. The Labute approximate surface area is 193 Å². The normalized spacial score (nSPS) is 13.1. The lowest BCUT2D eigenvalue weighted by molar-refractivity contribution is -0.129. The number of hydrogen-bond acceptors (Lipinski definition) is 5. The van der Waals surface area contributed by atoms with Gasteiger partial charge in [-0.1, -0.05) is 18.2 Å². The molecular formula is C26H26N6O. The van der Waals surface area contributed by atoms with Crippen LogP contribution in [0, 0.1) is 0 Å². The van der Waals surface area contributed by atoms with Crippen LogP contribution < -0.4 is 0 Å². The van der Waals surface area contributed by atoms with Crippen molar-refractivity contribution in [2.24, 2.45) is 0 Å². The van der Waals surface area contributed by atoms with E-state index < -0.39 is 0 Å². The van der Waals surface area contributed by atoms with E-state index in [9.17, 15) is 4.79 Å². The number of carbonyl (C=O) groups excluding carboxylic acids is 1. The number of benzene rings is 1. The smallest absolute Gasteiger partial charge is 0.219 e. The van der Waals surface area contributed by atoms with Crippen LogP contribution in [-0.2, 0) is 30.7 Å². The molecule has 0 aliphatic carbocycles. The summed E-state index contributed by atoms with van der Waals surface area (Å²) in [5.74, 6) is 0.905. The summed E-state index contributed by atoms with van der Waals surface area (Å²) in [6.45, 7) is 5.95. The van der Waals surface area contributed by atoms with Crippen LogP contribution in [0.3, 0.4) is 0 Å². The minimum absolute atomic E-state index is 0.131. The van der Waals surface area contributed by atoms with Crippen LogP contribution in [-0.4, -0.2) is 42.1 Å². The monoisotopic (exact) mass is 438 g/mol. The minimum Gasteiger partial charge on any atom is -0.338 e. The van der Waals surface area contributed by atoms with Gasteiger partial charge in [0.15, 0.2) is 0 Å². The molecular weight excluding hydrogens is 412 g/mol. The molecule has 5 rings (SSSR count). The fourth-order valence-electron chi connectivity index (χ4n) is 4.29. The van der Waals surface area contributed by atoms with Crippen LogP contribution >= 0.6 is 0 Å². The van der Waals surface area contributed by atoms with Crippen LogP contribution in [0.2, 0.25) is 0 Å². The highest BCUT2D eigenvalue weighted by atomic mass is 16.2. The van der Waals surface area contributed by atoms with Crippen molar-refractivity contribution in [3.63, 3.8) is 0 Å². The number of rotatable bonds is 5. The van der Waals surface area contributed by atoms with E-state index in [-0.39, 0.29) is 5.91 Å². The first-order valence-electron chi connectivity index (χ1n) is 11.3. The summed E-state index contributed by atoms with van der Waals surface area (Å²) in [7, 11) is 0. The number of nitrogens with zero attached hydrogens (tertiary/aromatic N) is 6. The lowest BCUT2D eigenvalue weighted by atomic mass is 9.96. The third kappa shape index (κ3) is 4.39. The van der Waals surface area contributed by atoms with Gasteiger partial charge in [0, 0.05) is 68.9 Å². The van der Waals surface area contributed by atoms with Gasteiger partial charge in [-0.3, -0.25) is 14.5 Å². The Balaban J connectivity index is 1.42. The van der Waals surface area contributed by atoms with Gasteiger partial charge in [-0.15, -0.1) is 0 Å². The summed E-state index contributed by atoms with van der Waals surface area (Å²) in [4.78, 5) is 27.3. The summed E-state index contributed by atoms with van der Waals surface area (Å²) < 4.78 is 1.92. The lowest BCUT2D eigenvalue weighted by Gasteiger charge is -2.28. The third-order valence-corrected chi connectivity index (χ3v) is 6.09. The van der Waals surface area contributed by atoms with E-state index >= 15 is 0 Å². The van der Waals surface area contributed by atoms with Crippen molar-refractivity contribution in [1.29, 1.82) is 0 Å². The molecule has 1 aromatic carbocycles.